The quantitative estimate of drug-likeness (QED) is 0.860. The van der Waals surface area contributed by atoms with Crippen LogP contribution in [0.25, 0.3) is 0 Å². The Hall–Kier alpha value is -0.570. The first-order chi connectivity index (χ1) is 6.99. The predicted octanol–water partition coefficient (Wildman–Crippen LogP) is 2.77. The van der Waals surface area contributed by atoms with Crippen LogP contribution in [-0.2, 0) is 11.2 Å². The van der Waals surface area contributed by atoms with Crippen molar-refractivity contribution in [2.75, 3.05) is 6.61 Å². The van der Waals surface area contributed by atoms with Crippen LogP contribution in [0.1, 0.15) is 26.3 Å². The summed E-state index contributed by atoms with van der Waals surface area (Å²) >= 11 is 0. The van der Waals surface area contributed by atoms with Crippen LogP contribution in [0, 0.1) is 0 Å². The molecule has 1 aromatic carbocycles. The Morgan fingerprint density at radius 1 is 1.19 bits per heavy atom. The molecule has 2 nitrogen and oxygen atoms in total. The third-order valence-electron chi connectivity index (χ3n) is 2.74. The van der Waals surface area contributed by atoms with Crippen molar-refractivity contribution in [2.24, 2.45) is 0 Å². The molecule has 0 saturated carbocycles. The number of nitrogens with one attached hydrogen (secondary N) is 1. The number of hydrogen-bond donors (Lipinski definition) is 1. The SMILES string of the molecule is CC1(C)COC(C)(Cc2ccccc2)N1.Cl. The summed E-state index contributed by atoms with van der Waals surface area (Å²) in [6, 6.07) is 10.5. The lowest BCUT2D eigenvalue weighted by atomic mass is 10.0. The standard InChI is InChI=1S/C13H19NO.ClH/c1-12(2)10-15-13(3,14-12)9-11-7-5-4-6-8-11;/h4-8,14H,9-10H2,1-3H3;1H. The molecule has 1 fully saturated rings. The largest absolute Gasteiger partial charge is 0.359 e. The Balaban J connectivity index is 0.00000128. The Kier molecular flexibility index (Phi) is 4.00. The second-order valence-corrected chi connectivity index (χ2v) is 5.19. The number of rotatable bonds is 2. The third kappa shape index (κ3) is 3.21. The molecule has 1 atom stereocenters. The summed E-state index contributed by atoms with van der Waals surface area (Å²) < 4.78 is 5.85. The van der Waals surface area contributed by atoms with E-state index in [1.807, 2.05) is 6.07 Å². The molecule has 16 heavy (non-hydrogen) atoms. The summed E-state index contributed by atoms with van der Waals surface area (Å²) in [5.74, 6) is 0. The molecule has 2 rings (SSSR count). The fraction of sp³-hybridized carbons (Fsp3) is 0.538. The van der Waals surface area contributed by atoms with Gasteiger partial charge in [-0.25, -0.2) is 0 Å². The van der Waals surface area contributed by atoms with Crippen LogP contribution in [0.5, 0.6) is 0 Å². The zero-order valence-electron chi connectivity index (χ0n) is 10.1. The van der Waals surface area contributed by atoms with E-state index in [2.05, 4.69) is 50.4 Å². The molecule has 0 spiro atoms. The van der Waals surface area contributed by atoms with Crippen molar-refractivity contribution in [1.29, 1.82) is 0 Å². The van der Waals surface area contributed by atoms with Crippen molar-refractivity contribution >= 4 is 12.4 Å². The Morgan fingerprint density at radius 2 is 1.81 bits per heavy atom. The Labute approximate surface area is 104 Å². The zero-order chi connectivity index (χ0) is 10.9. The molecule has 0 amide bonds. The monoisotopic (exact) mass is 241 g/mol. The first kappa shape index (κ1) is 13.5. The lowest BCUT2D eigenvalue weighted by Gasteiger charge is -2.26. The van der Waals surface area contributed by atoms with Gasteiger partial charge >= 0.3 is 0 Å². The van der Waals surface area contributed by atoms with Crippen LogP contribution >= 0.6 is 12.4 Å². The Bertz CT molecular complexity index is 339. The van der Waals surface area contributed by atoms with Gasteiger partial charge in [0.25, 0.3) is 0 Å². The molecule has 1 heterocycles. The van der Waals surface area contributed by atoms with Crippen LogP contribution in [0.4, 0.5) is 0 Å². The average molecular weight is 242 g/mol. The van der Waals surface area contributed by atoms with Gasteiger partial charge in [-0.15, -0.1) is 12.4 Å². The summed E-state index contributed by atoms with van der Waals surface area (Å²) in [7, 11) is 0. The van der Waals surface area contributed by atoms with Crippen LogP contribution in [0.15, 0.2) is 30.3 Å². The van der Waals surface area contributed by atoms with Gasteiger partial charge < -0.3 is 4.74 Å². The third-order valence-corrected chi connectivity index (χ3v) is 2.74. The van der Waals surface area contributed by atoms with E-state index < -0.39 is 0 Å². The van der Waals surface area contributed by atoms with Crippen LogP contribution in [-0.4, -0.2) is 17.9 Å². The molecule has 0 bridgehead atoms. The molecule has 3 heteroatoms. The van der Waals surface area contributed by atoms with E-state index in [1.165, 1.54) is 5.56 Å². The smallest absolute Gasteiger partial charge is 0.121 e. The van der Waals surface area contributed by atoms with E-state index in [0.717, 1.165) is 13.0 Å². The Morgan fingerprint density at radius 3 is 2.31 bits per heavy atom. The van der Waals surface area contributed by atoms with E-state index in [9.17, 15) is 0 Å². The number of benzene rings is 1. The topological polar surface area (TPSA) is 21.3 Å². The average Bonchev–Trinajstić information content (AvgIpc) is 2.42. The highest BCUT2D eigenvalue weighted by Gasteiger charge is 2.39. The highest BCUT2D eigenvalue weighted by Crippen LogP contribution is 2.25. The molecule has 90 valence electrons. The second-order valence-electron chi connectivity index (χ2n) is 5.19. The van der Waals surface area contributed by atoms with Gasteiger partial charge in [-0.3, -0.25) is 5.32 Å². The minimum atomic E-state index is -0.217. The maximum absolute atomic E-state index is 5.85. The van der Waals surface area contributed by atoms with Gasteiger partial charge in [-0.05, 0) is 26.3 Å². The summed E-state index contributed by atoms with van der Waals surface area (Å²) in [4.78, 5) is 0. The van der Waals surface area contributed by atoms with Gasteiger partial charge in [0.15, 0.2) is 0 Å². The van der Waals surface area contributed by atoms with Crippen molar-refractivity contribution in [3.05, 3.63) is 35.9 Å². The fourth-order valence-electron chi connectivity index (χ4n) is 2.21. The lowest BCUT2D eigenvalue weighted by molar-refractivity contribution is 0.00670. The highest BCUT2D eigenvalue weighted by atomic mass is 35.5. The zero-order valence-corrected chi connectivity index (χ0v) is 10.9. The van der Waals surface area contributed by atoms with Gasteiger partial charge in [0.05, 0.1) is 6.61 Å². The van der Waals surface area contributed by atoms with E-state index >= 15 is 0 Å². The maximum atomic E-state index is 5.85. The second kappa shape index (κ2) is 4.74. The molecule has 1 N–H and O–H groups in total. The number of ether oxygens (including phenoxy) is 1. The first-order valence-corrected chi connectivity index (χ1v) is 5.46. The number of hydrogen-bond acceptors (Lipinski definition) is 2. The minimum Gasteiger partial charge on any atom is -0.359 e. The molecular weight excluding hydrogens is 222 g/mol. The van der Waals surface area contributed by atoms with Crippen molar-refractivity contribution in [3.63, 3.8) is 0 Å². The summed E-state index contributed by atoms with van der Waals surface area (Å²) in [6.07, 6.45) is 0.914. The van der Waals surface area contributed by atoms with E-state index in [-0.39, 0.29) is 23.7 Å². The van der Waals surface area contributed by atoms with E-state index in [4.69, 9.17) is 4.74 Å². The lowest BCUT2D eigenvalue weighted by Crippen LogP contribution is -2.47. The van der Waals surface area contributed by atoms with Crippen molar-refractivity contribution in [1.82, 2.24) is 5.32 Å². The molecule has 0 radical (unpaired) electrons. The molecule has 1 aromatic rings. The maximum Gasteiger partial charge on any atom is 0.121 e. The highest BCUT2D eigenvalue weighted by molar-refractivity contribution is 5.85. The molecule has 1 unspecified atom stereocenters. The van der Waals surface area contributed by atoms with Gasteiger partial charge in [-0.1, -0.05) is 30.3 Å². The van der Waals surface area contributed by atoms with Gasteiger partial charge in [-0.2, -0.15) is 0 Å². The fourth-order valence-corrected chi connectivity index (χ4v) is 2.21. The molecule has 1 saturated heterocycles. The molecular formula is C13H20ClNO. The van der Waals surface area contributed by atoms with Gasteiger partial charge in [0.2, 0.25) is 0 Å². The minimum absolute atomic E-state index is 0. The van der Waals surface area contributed by atoms with Crippen LogP contribution in [0.3, 0.4) is 0 Å². The normalized spacial score (nSPS) is 27.4. The van der Waals surface area contributed by atoms with Crippen molar-refractivity contribution in [3.8, 4) is 0 Å². The summed E-state index contributed by atoms with van der Waals surface area (Å²) in [6.45, 7) is 7.23. The predicted molar refractivity (Wildman–Crippen MR) is 69.0 cm³/mol. The van der Waals surface area contributed by atoms with Crippen LogP contribution in [0.2, 0.25) is 0 Å². The molecule has 1 aliphatic heterocycles. The van der Waals surface area contributed by atoms with E-state index in [1.54, 1.807) is 0 Å². The van der Waals surface area contributed by atoms with Crippen molar-refractivity contribution < 1.29 is 4.74 Å². The summed E-state index contributed by atoms with van der Waals surface area (Å²) in [5, 5.41) is 3.53. The molecule has 1 aliphatic rings. The molecule has 0 aromatic heterocycles. The van der Waals surface area contributed by atoms with Crippen molar-refractivity contribution in [2.45, 2.75) is 38.5 Å². The van der Waals surface area contributed by atoms with Gasteiger partial charge in [0.1, 0.15) is 5.72 Å². The molecule has 0 aliphatic carbocycles. The first-order valence-electron chi connectivity index (χ1n) is 5.46. The number of halogens is 1. The summed E-state index contributed by atoms with van der Waals surface area (Å²) in [5.41, 5.74) is 1.18. The van der Waals surface area contributed by atoms with E-state index in [0.29, 0.717) is 0 Å². The van der Waals surface area contributed by atoms with Crippen LogP contribution < -0.4 is 5.32 Å². The van der Waals surface area contributed by atoms with Gasteiger partial charge in [0, 0.05) is 12.0 Å².